The molecule has 3 aromatic rings. The monoisotopic (exact) mass is 433 g/mol. The second kappa shape index (κ2) is 10.4. The third-order valence-corrected chi connectivity index (χ3v) is 5.68. The average molecular weight is 434 g/mol. The van der Waals surface area contributed by atoms with Crippen LogP contribution in [0.15, 0.2) is 78.9 Å². The molecule has 0 aliphatic carbocycles. The van der Waals surface area contributed by atoms with Gasteiger partial charge in [0.15, 0.2) is 0 Å². The van der Waals surface area contributed by atoms with E-state index in [0.717, 1.165) is 37.4 Å². The van der Waals surface area contributed by atoms with Crippen molar-refractivity contribution >= 4 is 17.3 Å². The number of benzene rings is 3. The molecule has 1 heterocycles. The Kier molecular flexibility index (Phi) is 7.14. The summed E-state index contributed by atoms with van der Waals surface area (Å²) >= 11 is 0. The molecule has 1 N–H and O–H groups in total. The van der Waals surface area contributed by atoms with Crippen molar-refractivity contribution in [1.82, 2.24) is 4.90 Å². The third-order valence-electron chi connectivity index (χ3n) is 5.68. The summed E-state index contributed by atoms with van der Waals surface area (Å²) in [6, 6.07) is 23.4. The van der Waals surface area contributed by atoms with E-state index in [4.69, 9.17) is 4.74 Å². The van der Waals surface area contributed by atoms with Gasteiger partial charge in [0.2, 0.25) is 5.91 Å². The van der Waals surface area contributed by atoms with Crippen molar-refractivity contribution in [2.45, 2.75) is 12.6 Å². The Bertz CT molecular complexity index is 1020. The van der Waals surface area contributed by atoms with E-state index >= 15 is 0 Å². The van der Waals surface area contributed by atoms with E-state index < -0.39 is 6.04 Å². The molecule has 1 atom stereocenters. The number of hydrogen-bond donors (Lipinski definition) is 1. The van der Waals surface area contributed by atoms with Gasteiger partial charge in [0.1, 0.15) is 11.9 Å². The van der Waals surface area contributed by atoms with Gasteiger partial charge in [0, 0.05) is 31.0 Å². The molecule has 0 radical (unpaired) electrons. The lowest BCUT2D eigenvalue weighted by Crippen LogP contribution is -2.38. The molecule has 0 bridgehead atoms. The number of nitrogens with zero attached hydrogens (tertiary/aromatic N) is 2. The second-order valence-corrected chi connectivity index (χ2v) is 7.95. The highest BCUT2D eigenvalue weighted by Gasteiger charge is 2.26. The Morgan fingerprint density at radius 1 is 1.00 bits per heavy atom. The van der Waals surface area contributed by atoms with Crippen LogP contribution in [0.1, 0.15) is 17.2 Å². The van der Waals surface area contributed by atoms with E-state index in [1.165, 1.54) is 17.8 Å². The van der Waals surface area contributed by atoms with E-state index in [1.807, 2.05) is 54.4 Å². The summed E-state index contributed by atoms with van der Waals surface area (Å²) in [6.45, 7) is 3.75. The van der Waals surface area contributed by atoms with Crippen LogP contribution in [-0.2, 0) is 16.1 Å². The Hall–Kier alpha value is -3.22. The molecule has 5 nitrogen and oxygen atoms in total. The van der Waals surface area contributed by atoms with Crippen molar-refractivity contribution < 1.29 is 13.9 Å². The molecule has 0 unspecified atom stereocenters. The van der Waals surface area contributed by atoms with Crippen molar-refractivity contribution in [1.29, 1.82) is 0 Å². The maximum atomic E-state index is 13.3. The number of nitrogens with one attached hydrogen (secondary N) is 1. The summed E-state index contributed by atoms with van der Waals surface area (Å²) in [5, 5.41) is 2.94. The van der Waals surface area contributed by atoms with Gasteiger partial charge in [0.05, 0.1) is 13.2 Å². The lowest BCUT2D eigenvalue weighted by Gasteiger charge is -2.33. The van der Waals surface area contributed by atoms with E-state index in [2.05, 4.69) is 22.3 Å². The molecule has 1 amide bonds. The molecular formula is C26H28FN3O2. The van der Waals surface area contributed by atoms with Gasteiger partial charge in [-0.3, -0.25) is 9.69 Å². The van der Waals surface area contributed by atoms with E-state index in [-0.39, 0.29) is 11.7 Å². The minimum Gasteiger partial charge on any atom is -0.378 e. The normalized spacial score (nSPS) is 14.9. The Morgan fingerprint density at radius 2 is 1.66 bits per heavy atom. The summed E-state index contributed by atoms with van der Waals surface area (Å²) in [5.41, 5.74) is 3.80. The summed E-state index contributed by atoms with van der Waals surface area (Å²) in [7, 11) is 1.96. The number of para-hydroxylation sites is 1. The predicted octanol–water partition coefficient (Wildman–Crippen LogP) is 4.47. The first kappa shape index (κ1) is 22.0. The first-order valence-corrected chi connectivity index (χ1v) is 10.8. The Balaban J connectivity index is 1.58. The van der Waals surface area contributed by atoms with Gasteiger partial charge in [-0.25, -0.2) is 4.39 Å². The number of halogens is 1. The van der Waals surface area contributed by atoms with Crippen LogP contribution in [0.5, 0.6) is 0 Å². The van der Waals surface area contributed by atoms with Crippen molar-refractivity contribution in [2.75, 3.05) is 43.6 Å². The molecule has 32 heavy (non-hydrogen) atoms. The van der Waals surface area contributed by atoms with Crippen molar-refractivity contribution in [3.8, 4) is 0 Å². The minimum atomic E-state index is -0.501. The number of likely N-dealkylation sites (N-methyl/N-ethyl adjacent to an activating group) is 1. The van der Waals surface area contributed by atoms with Gasteiger partial charge in [-0.1, -0.05) is 48.5 Å². The van der Waals surface area contributed by atoms with Crippen LogP contribution in [-0.4, -0.2) is 44.2 Å². The van der Waals surface area contributed by atoms with Crippen LogP contribution >= 0.6 is 0 Å². The number of hydrogen-bond acceptors (Lipinski definition) is 4. The molecule has 0 aromatic heterocycles. The molecule has 0 saturated carbocycles. The Labute approximate surface area is 188 Å². The van der Waals surface area contributed by atoms with Gasteiger partial charge >= 0.3 is 0 Å². The zero-order valence-corrected chi connectivity index (χ0v) is 18.2. The molecule has 166 valence electrons. The number of carbonyl (C=O) groups excluding carboxylic acids is 1. The molecule has 4 rings (SSSR count). The smallest absolute Gasteiger partial charge is 0.246 e. The van der Waals surface area contributed by atoms with Gasteiger partial charge in [0.25, 0.3) is 0 Å². The first-order valence-electron chi connectivity index (χ1n) is 10.8. The van der Waals surface area contributed by atoms with Gasteiger partial charge in [-0.2, -0.15) is 0 Å². The van der Waals surface area contributed by atoms with Gasteiger partial charge in [-0.15, -0.1) is 0 Å². The standard InChI is InChI=1S/C26H28FN3O2/c1-29(19-21-9-5-6-10-24(21)30-15-17-32-18-16-30)25(20-7-3-2-4-8-20)26(31)28-23-13-11-22(27)12-14-23/h2-14,25H,15-19H2,1H3,(H,28,31)/t25-/m1/s1. The summed E-state index contributed by atoms with van der Waals surface area (Å²) in [6.07, 6.45) is 0. The largest absolute Gasteiger partial charge is 0.378 e. The van der Waals surface area contributed by atoms with Gasteiger partial charge in [-0.05, 0) is 48.5 Å². The van der Waals surface area contributed by atoms with Crippen LogP contribution in [0.25, 0.3) is 0 Å². The average Bonchev–Trinajstić information content (AvgIpc) is 2.82. The molecule has 1 fully saturated rings. The highest BCUT2D eigenvalue weighted by molar-refractivity contribution is 5.95. The third kappa shape index (κ3) is 5.33. The lowest BCUT2D eigenvalue weighted by molar-refractivity contribution is -0.121. The highest BCUT2D eigenvalue weighted by Crippen LogP contribution is 2.28. The number of rotatable bonds is 7. The van der Waals surface area contributed by atoms with Crippen LogP contribution in [0, 0.1) is 5.82 Å². The Morgan fingerprint density at radius 3 is 2.38 bits per heavy atom. The molecule has 3 aromatic carbocycles. The summed E-state index contributed by atoms with van der Waals surface area (Å²) in [5.74, 6) is -0.492. The topological polar surface area (TPSA) is 44.8 Å². The fourth-order valence-corrected chi connectivity index (χ4v) is 4.10. The molecule has 1 aliphatic heterocycles. The number of amides is 1. The van der Waals surface area contributed by atoms with Crippen molar-refractivity contribution in [2.24, 2.45) is 0 Å². The van der Waals surface area contributed by atoms with E-state index in [0.29, 0.717) is 12.2 Å². The first-order chi connectivity index (χ1) is 15.6. The second-order valence-electron chi connectivity index (χ2n) is 7.95. The number of morpholine rings is 1. The quantitative estimate of drug-likeness (QED) is 0.597. The predicted molar refractivity (Wildman–Crippen MR) is 125 cm³/mol. The van der Waals surface area contributed by atoms with E-state index in [1.54, 1.807) is 12.1 Å². The van der Waals surface area contributed by atoms with Crippen LogP contribution in [0.4, 0.5) is 15.8 Å². The maximum Gasteiger partial charge on any atom is 0.246 e. The lowest BCUT2D eigenvalue weighted by atomic mass is 10.0. The summed E-state index contributed by atoms with van der Waals surface area (Å²) < 4.78 is 18.8. The fourth-order valence-electron chi connectivity index (χ4n) is 4.10. The van der Waals surface area contributed by atoms with Crippen LogP contribution < -0.4 is 10.2 Å². The van der Waals surface area contributed by atoms with E-state index in [9.17, 15) is 9.18 Å². The summed E-state index contributed by atoms with van der Waals surface area (Å²) in [4.78, 5) is 17.7. The minimum absolute atomic E-state index is 0.158. The molecule has 0 spiro atoms. The van der Waals surface area contributed by atoms with Crippen LogP contribution in [0.3, 0.4) is 0 Å². The van der Waals surface area contributed by atoms with Crippen molar-refractivity contribution in [3.05, 3.63) is 95.8 Å². The zero-order chi connectivity index (χ0) is 22.3. The molecular weight excluding hydrogens is 405 g/mol. The zero-order valence-electron chi connectivity index (χ0n) is 18.2. The maximum absolute atomic E-state index is 13.3. The SMILES string of the molecule is CN(Cc1ccccc1N1CCOCC1)[C@@H](C(=O)Nc1ccc(F)cc1)c1ccccc1. The van der Waals surface area contributed by atoms with Gasteiger partial charge < -0.3 is 15.0 Å². The molecule has 1 aliphatic rings. The molecule has 6 heteroatoms. The number of ether oxygens (including phenoxy) is 1. The highest BCUT2D eigenvalue weighted by atomic mass is 19.1. The molecule has 1 saturated heterocycles. The van der Waals surface area contributed by atoms with Crippen LogP contribution in [0.2, 0.25) is 0 Å². The van der Waals surface area contributed by atoms with Crippen molar-refractivity contribution in [3.63, 3.8) is 0 Å². The number of anilines is 2. The number of carbonyl (C=O) groups is 1. The fraction of sp³-hybridized carbons (Fsp3) is 0.269.